The highest BCUT2D eigenvalue weighted by molar-refractivity contribution is 7.89. The summed E-state index contributed by atoms with van der Waals surface area (Å²) in [5.74, 6) is 1.12. The second-order valence-corrected chi connectivity index (χ2v) is 10.4. The van der Waals surface area contributed by atoms with Gasteiger partial charge in [0.05, 0.1) is 10.8 Å². The Hall–Kier alpha value is -1.73. The van der Waals surface area contributed by atoms with Crippen molar-refractivity contribution >= 4 is 10.0 Å². The highest BCUT2D eigenvalue weighted by Crippen LogP contribution is 2.30. The molecule has 1 saturated heterocycles. The van der Waals surface area contributed by atoms with Crippen LogP contribution in [0.15, 0.2) is 33.6 Å². The molecule has 1 unspecified atom stereocenters. The van der Waals surface area contributed by atoms with Gasteiger partial charge < -0.3 is 4.42 Å². The van der Waals surface area contributed by atoms with Gasteiger partial charge in [0, 0.05) is 19.5 Å². The summed E-state index contributed by atoms with van der Waals surface area (Å²) < 4.78 is 33.4. The molecule has 3 rings (SSSR count). The Balaban J connectivity index is 1.75. The van der Waals surface area contributed by atoms with Gasteiger partial charge >= 0.3 is 0 Å². The van der Waals surface area contributed by atoms with Crippen LogP contribution >= 0.6 is 0 Å². The summed E-state index contributed by atoms with van der Waals surface area (Å²) in [4.78, 5) is 0.347. The number of aryl methyl sites for hydroxylation is 1. The molecule has 148 valence electrons. The van der Waals surface area contributed by atoms with E-state index in [4.69, 9.17) is 4.42 Å². The van der Waals surface area contributed by atoms with Crippen molar-refractivity contribution in [2.24, 2.45) is 5.41 Å². The zero-order chi connectivity index (χ0) is 19.7. The summed E-state index contributed by atoms with van der Waals surface area (Å²) in [6.07, 6.45) is 3.24. The van der Waals surface area contributed by atoms with E-state index in [1.165, 1.54) is 0 Å². The Morgan fingerprint density at radius 3 is 2.52 bits per heavy atom. The largest absolute Gasteiger partial charge is 0.425 e. The van der Waals surface area contributed by atoms with Crippen molar-refractivity contribution < 1.29 is 12.8 Å². The SMILES string of the molecule is CCc1ccc(S(=O)(=O)N2CCCC(c3nnc(CC(C)(C)C)o3)C2)cc1. The molecule has 1 aliphatic heterocycles. The Kier molecular flexibility index (Phi) is 5.72. The molecular formula is C20H29N3O3S. The molecule has 7 heteroatoms. The smallest absolute Gasteiger partial charge is 0.243 e. The van der Waals surface area contributed by atoms with Gasteiger partial charge in [0.15, 0.2) is 0 Å². The molecule has 0 aliphatic carbocycles. The lowest BCUT2D eigenvalue weighted by Crippen LogP contribution is -2.39. The van der Waals surface area contributed by atoms with E-state index in [9.17, 15) is 8.42 Å². The quantitative estimate of drug-likeness (QED) is 0.775. The van der Waals surface area contributed by atoms with Crippen LogP contribution in [-0.4, -0.2) is 36.0 Å². The van der Waals surface area contributed by atoms with Crippen molar-refractivity contribution in [2.75, 3.05) is 13.1 Å². The van der Waals surface area contributed by atoms with Crippen LogP contribution in [-0.2, 0) is 22.9 Å². The molecule has 6 nitrogen and oxygen atoms in total. The number of hydrogen-bond acceptors (Lipinski definition) is 5. The minimum Gasteiger partial charge on any atom is -0.425 e. The van der Waals surface area contributed by atoms with Crippen LogP contribution in [0.25, 0.3) is 0 Å². The second-order valence-electron chi connectivity index (χ2n) is 8.47. The number of nitrogens with zero attached hydrogens (tertiary/aromatic N) is 3. The van der Waals surface area contributed by atoms with Gasteiger partial charge in [-0.15, -0.1) is 10.2 Å². The van der Waals surface area contributed by atoms with E-state index in [1.807, 2.05) is 12.1 Å². The van der Waals surface area contributed by atoms with Gasteiger partial charge in [0.1, 0.15) is 0 Å². The van der Waals surface area contributed by atoms with Crippen LogP contribution in [0.4, 0.5) is 0 Å². The fraction of sp³-hybridized carbons (Fsp3) is 0.600. The van der Waals surface area contributed by atoms with Crippen molar-refractivity contribution in [1.29, 1.82) is 0 Å². The lowest BCUT2D eigenvalue weighted by Gasteiger charge is -2.30. The predicted octanol–water partition coefficient (Wildman–Crippen LogP) is 3.79. The molecule has 1 aliphatic rings. The van der Waals surface area contributed by atoms with E-state index in [2.05, 4.69) is 37.9 Å². The summed E-state index contributed by atoms with van der Waals surface area (Å²) in [5.41, 5.74) is 1.19. The van der Waals surface area contributed by atoms with E-state index in [-0.39, 0.29) is 11.3 Å². The minimum atomic E-state index is -3.51. The van der Waals surface area contributed by atoms with E-state index in [0.717, 1.165) is 24.8 Å². The molecule has 2 heterocycles. The zero-order valence-electron chi connectivity index (χ0n) is 16.6. The van der Waals surface area contributed by atoms with Gasteiger partial charge in [0.2, 0.25) is 21.8 Å². The summed E-state index contributed by atoms with van der Waals surface area (Å²) in [7, 11) is -3.51. The summed E-state index contributed by atoms with van der Waals surface area (Å²) in [6.45, 7) is 9.32. The maximum absolute atomic E-state index is 13.0. The van der Waals surface area contributed by atoms with Crippen molar-refractivity contribution in [1.82, 2.24) is 14.5 Å². The second kappa shape index (κ2) is 7.72. The number of piperidine rings is 1. The normalized spacial score (nSPS) is 19.3. The third kappa shape index (κ3) is 4.76. The standard InChI is InChI=1S/C20H29N3O3S/c1-5-15-8-10-17(11-9-15)27(24,25)23-12-6-7-16(14-23)19-22-21-18(26-19)13-20(2,3)4/h8-11,16H,5-7,12-14H2,1-4H3. The van der Waals surface area contributed by atoms with Crippen molar-refractivity contribution in [2.45, 2.75) is 64.2 Å². The molecule has 2 aromatic rings. The van der Waals surface area contributed by atoms with Crippen molar-refractivity contribution in [3.05, 3.63) is 41.6 Å². The van der Waals surface area contributed by atoms with Gasteiger partial charge in [-0.3, -0.25) is 0 Å². The Labute approximate surface area is 162 Å². The summed E-state index contributed by atoms with van der Waals surface area (Å²) >= 11 is 0. The number of aromatic nitrogens is 2. The molecule has 0 N–H and O–H groups in total. The molecular weight excluding hydrogens is 362 g/mol. The van der Waals surface area contributed by atoms with E-state index >= 15 is 0 Å². The first-order valence-corrected chi connectivity index (χ1v) is 11.0. The first-order chi connectivity index (χ1) is 12.7. The van der Waals surface area contributed by atoms with Crippen LogP contribution in [0.5, 0.6) is 0 Å². The molecule has 27 heavy (non-hydrogen) atoms. The van der Waals surface area contributed by atoms with Gasteiger partial charge in [0.25, 0.3) is 0 Å². The van der Waals surface area contributed by atoms with Crippen LogP contribution in [0.3, 0.4) is 0 Å². The highest BCUT2D eigenvalue weighted by atomic mass is 32.2. The predicted molar refractivity (Wildman–Crippen MR) is 104 cm³/mol. The molecule has 1 aromatic carbocycles. The summed E-state index contributed by atoms with van der Waals surface area (Å²) in [6, 6.07) is 7.16. The average Bonchev–Trinajstić information content (AvgIpc) is 3.08. The van der Waals surface area contributed by atoms with Crippen LogP contribution < -0.4 is 0 Å². The molecule has 0 amide bonds. The fourth-order valence-corrected chi connectivity index (χ4v) is 4.89. The fourth-order valence-electron chi connectivity index (χ4n) is 3.37. The number of sulfonamides is 1. The van der Waals surface area contributed by atoms with E-state index in [1.54, 1.807) is 16.4 Å². The van der Waals surface area contributed by atoms with Crippen molar-refractivity contribution in [3.63, 3.8) is 0 Å². The molecule has 0 radical (unpaired) electrons. The van der Waals surface area contributed by atoms with Gasteiger partial charge in [-0.25, -0.2) is 8.42 Å². The van der Waals surface area contributed by atoms with E-state index in [0.29, 0.717) is 36.2 Å². The number of hydrogen-bond donors (Lipinski definition) is 0. The van der Waals surface area contributed by atoms with E-state index < -0.39 is 10.0 Å². The Bertz CT molecular complexity index is 867. The van der Waals surface area contributed by atoms with Crippen LogP contribution in [0.2, 0.25) is 0 Å². The molecule has 0 saturated carbocycles. The van der Waals surface area contributed by atoms with Gasteiger partial charge in [-0.2, -0.15) is 4.31 Å². The minimum absolute atomic E-state index is 0.0512. The molecule has 1 fully saturated rings. The maximum Gasteiger partial charge on any atom is 0.243 e. The van der Waals surface area contributed by atoms with Gasteiger partial charge in [-0.1, -0.05) is 39.8 Å². The topological polar surface area (TPSA) is 76.3 Å². The van der Waals surface area contributed by atoms with Crippen molar-refractivity contribution in [3.8, 4) is 0 Å². The monoisotopic (exact) mass is 391 g/mol. The lowest BCUT2D eigenvalue weighted by atomic mass is 9.92. The molecule has 1 atom stereocenters. The first-order valence-electron chi connectivity index (χ1n) is 9.60. The molecule has 0 bridgehead atoms. The third-order valence-corrected chi connectivity index (χ3v) is 6.75. The molecule has 1 aromatic heterocycles. The Morgan fingerprint density at radius 1 is 1.19 bits per heavy atom. The lowest BCUT2D eigenvalue weighted by molar-refractivity contribution is 0.274. The van der Waals surface area contributed by atoms with Crippen LogP contribution in [0, 0.1) is 5.41 Å². The maximum atomic E-state index is 13.0. The number of benzene rings is 1. The molecule has 0 spiro atoms. The average molecular weight is 392 g/mol. The first kappa shape index (κ1) is 20.0. The number of rotatable bonds is 5. The third-order valence-electron chi connectivity index (χ3n) is 4.87. The summed E-state index contributed by atoms with van der Waals surface area (Å²) in [5, 5.41) is 8.35. The highest BCUT2D eigenvalue weighted by Gasteiger charge is 2.33. The van der Waals surface area contributed by atoms with Gasteiger partial charge in [-0.05, 0) is 42.4 Å². The Morgan fingerprint density at radius 2 is 1.89 bits per heavy atom. The van der Waals surface area contributed by atoms with Crippen LogP contribution in [0.1, 0.15) is 63.8 Å². The zero-order valence-corrected chi connectivity index (χ0v) is 17.4.